The summed E-state index contributed by atoms with van der Waals surface area (Å²) in [6.07, 6.45) is 0. The highest BCUT2D eigenvalue weighted by Crippen LogP contribution is 2.48. The molecule has 4 nitrogen and oxygen atoms in total. The van der Waals surface area contributed by atoms with Crippen LogP contribution in [0.2, 0.25) is 0 Å². The highest BCUT2D eigenvalue weighted by Gasteiger charge is 2.24. The predicted octanol–water partition coefficient (Wildman–Crippen LogP) is 10.4. The van der Waals surface area contributed by atoms with E-state index in [2.05, 4.69) is 65.8 Å². The van der Waals surface area contributed by atoms with E-state index in [1.54, 1.807) is 0 Å². The van der Waals surface area contributed by atoms with Gasteiger partial charge in [-0.3, -0.25) is 0 Å². The maximum atomic E-state index is 12.3. The number of hydrogen-bond donors (Lipinski definition) is 2. The lowest BCUT2D eigenvalue weighted by atomic mass is 9.87. The molecule has 40 heavy (non-hydrogen) atoms. The van der Waals surface area contributed by atoms with E-state index >= 15 is 0 Å². The minimum Gasteiger partial charge on any atom is -0.477 e. The van der Waals surface area contributed by atoms with Crippen LogP contribution in [-0.4, -0.2) is 22.2 Å². The maximum Gasteiger partial charge on any atom is 0.347 e. The molecule has 0 fully saturated rings. The molecule has 0 saturated carbocycles. The Bertz CT molecular complexity index is 1610. The van der Waals surface area contributed by atoms with Gasteiger partial charge in [0.05, 0.1) is 0 Å². The first-order valence-corrected chi connectivity index (χ1v) is 16.1. The van der Waals surface area contributed by atoms with Gasteiger partial charge in [-0.25, -0.2) is 9.59 Å². The average molecular weight is 607 g/mol. The molecule has 0 bridgehead atoms. The van der Waals surface area contributed by atoms with Crippen molar-refractivity contribution in [3.8, 4) is 0 Å². The van der Waals surface area contributed by atoms with Gasteiger partial charge in [-0.2, -0.15) is 0 Å². The maximum absolute atomic E-state index is 12.3. The summed E-state index contributed by atoms with van der Waals surface area (Å²) < 4.78 is 1.66. The molecule has 8 heteroatoms. The largest absolute Gasteiger partial charge is 0.477 e. The van der Waals surface area contributed by atoms with Crippen molar-refractivity contribution in [3.63, 3.8) is 0 Å². The molecular weight excluding hydrogens is 577 g/mol. The third-order valence-corrected chi connectivity index (χ3v) is 11.5. The first-order valence-electron chi connectivity index (χ1n) is 12.8. The van der Waals surface area contributed by atoms with Gasteiger partial charge in [0.25, 0.3) is 0 Å². The van der Waals surface area contributed by atoms with E-state index in [0.717, 1.165) is 30.0 Å². The number of fused-ring (bicyclic) bond motifs is 2. The van der Waals surface area contributed by atoms with Crippen LogP contribution in [0.5, 0.6) is 0 Å². The first-order chi connectivity index (χ1) is 18.7. The van der Waals surface area contributed by atoms with Crippen LogP contribution in [0.1, 0.15) is 72.0 Å². The van der Waals surface area contributed by atoms with Crippen LogP contribution in [-0.2, 0) is 10.8 Å². The van der Waals surface area contributed by atoms with Crippen LogP contribution < -0.4 is 0 Å². The standard InChI is InChI=1S/C32H30O4S4/c1-31(2,3)17-7-11-19(12-8-17)37-25-21-15-24-22(16-23(21)39-27(25)29(33)34)26(28(40-24)30(35)36)38-20-13-9-18(10-14-20)32(4,5)6/h7-16H,1-6H3,(H,33,34)(H,35,36). The quantitative estimate of drug-likeness (QED) is 0.200. The zero-order valence-electron chi connectivity index (χ0n) is 23.1. The van der Waals surface area contributed by atoms with Crippen molar-refractivity contribution < 1.29 is 19.8 Å². The Balaban J connectivity index is 1.59. The van der Waals surface area contributed by atoms with E-state index in [4.69, 9.17) is 0 Å². The van der Waals surface area contributed by atoms with E-state index in [1.807, 2.05) is 36.4 Å². The third kappa shape index (κ3) is 5.68. The molecule has 0 atom stereocenters. The molecule has 0 aliphatic heterocycles. The number of carbonyl (C=O) groups is 2. The Morgan fingerprint density at radius 2 is 0.925 bits per heavy atom. The van der Waals surface area contributed by atoms with Crippen molar-refractivity contribution in [2.75, 3.05) is 0 Å². The second-order valence-corrected chi connectivity index (χ2v) is 16.0. The fraction of sp³-hybridized carbons (Fsp3) is 0.250. The van der Waals surface area contributed by atoms with Crippen molar-refractivity contribution in [2.24, 2.45) is 0 Å². The number of carboxylic acid groups (broad SMARTS) is 2. The Morgan fingerprint density at radius 1 is 0.600 bits per heavy atom. The van der Waals surface area contributed by atoms with Crippen LogP contribution in [0.25, 0.3) is 20.2 Å². The van der Waals surface area contributed by atoms with Crippen LogP contribution >= 0.6 is 46.2 Å². The van der Waals surface area contributed by atoms with Gasteiger partial charge in [0.15, 0.2) is 0 Å². The Labute approximate surface area is 250 Å². The zero-order valence-corrected chi connectivity index (χ0v) is 26.4. The molecule has 0 unspecified atom stereocenters. The molecule has 0 aliphatic rings. The van der Waals surface area contributed by atoms with E-state index in [9.17, 15) is 19.8 Å². The van der Waals surface area contributed by atoms with Gasteiger partial charge in [-0.15, -0.1) is 22.7 Å². The number of aromatic carboxylic acids is 2. The molecule has 0 amide bonds. The van der Waals surface area contributed by atoms with Gasteiger partial charge >= 0.3 is 11.9 Å². The molecule has 2 N–H and O–H groups in total. The molecule has 0 spiro atoms. The summed E-state index contributed by atoms with van der Waals surface area (Å²) in [5, 5.41) is 21.8. The van der Waals surface area contributed by atoms with E-state index in [-0.39, 0.29) is 10.8 Å². The van der Waals surface area contributed by atoms with Crippen LogP contribution in [0.15, 0.2) is 80.2 Å². The van der Waals surface area contributed by atoms with Gasteiger partial charge in [-0.1, -0.05) is 89.3 Å². The smallest absolute Gasteiger partial charge is 0.347 e. The van der Waals surface area contributed by atoms with Crippen LogP contribution in [0, 0.1) is 0 Å². The van der Waals surface area contributed by atoms with E-state index < -0.39 is 11.9 Å². The Kier molecular flexibility index (Phi) is 7.59. The summed E-state index contributed by atoms with van der Waals surface area (Å²) in [5.74, 6) is -1.92. The summed E-state index contributed by atoms with van der Waals surface area (Å²) in [7, 11) is 0. The molecular formula is C32H30O4S4. The second-order valence-electron chi connectivity index (χ2n) is 11.7. The molecule has 0 radical (unpaired) electrons. The zero-order chi connectivity index (χ0) is 29.0. The molecule has 3 aromatic carbocycles. The predicted molar refractivity (Wildman–Crippen MR) is 170 cm³/mol. The average Bonchev–Trinajstić information content (AvgIpc) is 3.40. The molecule has 5 aromatic rings. The molecule has 0 saturated heterocycles. The van der Waals surface area contributed by atoms with E-state index in [1.165, 1.54) is 57.3 Å². The lowest BCUT2D eigenvalue weighted by Gasteiger charge is -2.19. The minimum absolute atomic E-state index is 0.0292. The molecule has 2 aromatic heterocycles. The molecule has 2 heterocycles. The third-order valence-electron chi connectivity index (χ3n) is 6.68. The summed E-state index contributed by atoms with van der Waals surface area (Å²) >= 11 is 5.36. The fourth-order valence-electron chi connectivity index (χ4n) is 4.41. The highest BCUT2D eigenvalue weighted by molar-refractivity contribution is 8.00. The number of benzene rings is 3. The number of rotatable bonds is 6. The Morgan fingerprint density at radius 3 is 1.20 bits per heavy atom. The summed E-state index contributed by atoms with van der Waals surface area (Å²) in [4.78, 5) is 28.4. The highest BCUT2D eigenvalue weighted by atomic mass is 32.2. The fourth-order valence-corrected chi connectivity index (χ4v) is 8.88. The molecule has 5 rings (SSSR count). The monoisotopic (exact) mass is 606 g/mol. The van der Waals surface area contributed by atoms with Gasteiger partial charge in [0, 0.05) is 39.8 Å². The van der Waals surface area contributed by atoms with Crippen LogP contribution in [0.3, 0.4) is 0 Å². The van der Waals surface area contributed by atoms with Gasteiger partial charge in [-0.05, 0) is 58.4 Å². The number of hydrogen-bond acceptors (Lipinski definition) is 6. The summed E-state index contributed by atoms with van der Waals surface area (Å²) in [5.41, 5.74) is 2.48. The topological polar surface area (TPSA) is 74.6 Å². The number of carboxylic acids is 2. The minimum atomic E-state index is -0.960. The van der Waals surface area contributed by atoms with Gasteiger partial charge in [0.1, 0.15) is 9.75 Å². The Hall–Kier alpha value is -2.78. The first kappa shape index (κ1) is 28.7. The van der Waals surface area contributed by atoms with Crippen molar-refractivity contribution in [1.29, 1.82) is 0 Å². The summed E-state index contributed by atoms with van der Waals surface area (Å²) in [6.45, 7) is 13.0. The van der Waals surface area contributed by atoms with Crippen molar-refractivity contribution in [2.45, 2.75) is 72.0 Å². The van der Waals surface area contributed by atoms with Crippen molar-refractivity contribution in [3.05, 3.63) is 81.5 Å². The van der Waals surface area contributed by atoms with E-state index in [0.29, 0.717) is 19.5 Å². The molecule has 0 aliphatic carbocycles. The summed E-state index contributed by atoms with van der Waals surface area (Å²) in [6, 6.07) is 20.4. The van der Waals surface area contributed by atoms with Gasteiger partial charge in [0.2, 0.25) is 0 Å². The number of thiophene rings is 2. The lowest BCUT2D eigenvalue weighted by Crippen LogP contribution is -2.10. The molecule has 206 valence electrons. The van der Waals surface area contributed by atoms with Crippen molar-refractivity contribution >= 4 is 78.3 Å². The van der Waals surface area contributed by atoms with Gasteiger partial charge < -0.3 is 10.2 Å². The van der Waals surface area contributed by atoms with Crippen LogP contribution in [0.4, 0.5) is 0 Å². The normalized spacial score (nSPS) is 12.3. The lowest BCUT2D eigenvalue weighted by molar-refractivity contribution is 0.0688. The SMILES string of the molecule is CC(C)(C)c1ccc(Sc2c(C(=O)O)sc3cc4c(Sc5ccc(C(C)(C)C)cc5)c(C(=O)O)sc4cc23)cc1. The van der Waals surface area contributed by atoms with Crippen molar-refractivity contribution in [1.82, 2.24) is 0 Å². The second kappa shape index (κ2) is 10.6.